The first-order valence-corrected chi connectivity index (χ1v) is 8.11. The van der Waals surface area contributed by atoms with Gasteiger partial charge in [-0.25, -0.2) is 8.78 Å². The lowest BCUT2D eigenvalue weighted by atomic mass is 10.2. The molecule has 0 spiro atoms. The van der Waals surface area contributed by atoms with Crippen molar-refractivity contribution < 1.29 is 18.4 Å². The van der Waals surface area contributed by atoms with Gasteiger partial charge in [-0.05, 0) is 26.0 Å². The second-order valence-electron chi connectivity index (χ2n) is 5.25. The Labute approximate surface area is 150 Å². The fourth-order valence-electron chi connectivity index (χ4n) is 1.66. The average molecular weight is 382 g/mol. The van der Waals surface area contributed by atoms with Crippen molar-refractivity contribution in [3.05, 3.63) is 29.8 Å². The minimum Gasteiger partial charge on any atom is -0.353 e. The minimum atomic E-state index is -3.14. The van der Waals surface area contributed by atoms with Crippen LogP contribution in [0.3, 0.4) is 0 Å². The number of carbonyl (C=O) groups is 2. The Hall–Kier alpha value is -1.38. The lowest BCUT2D eigenvalue weighted by molar-refractivity contribution is -0.119. The molecule has 136 valence electrons. The van der Waals surface area contributed by atoms with Gasteiger partial charge in [0.25, 0.3) is 11.8 Å². The highest BCUT2D eigenvalue weighted by molar-refractivity contribution is 8.00. The summed E-state index contributed by atoms with van der Waals surface area (Å²) in [6.07, 6.45) is 0. The Morgan fingerprint density at radius 3 is 2.50 bits per heavy atom. The fraction of sp³-hybridized carbons (Fsp3) is 0.467. The van der Waals surface area contributed by atoms with E-state index in [0.717, 1.165) is 0 Å². The molecule has 0 saturated carbocycles. The van der Waals surface area contributed by atoms with E-state index in [9.17, 15) is 18.4 Å². The second kappa shape index (κ2) is 10.5. The third kappa shape index (κ3) is 7.94. The molecular formula is C15H22ClF2N3O2S. The molecule has 24 heavy (non-hydrogen) atoms. The standard InChI is InChI=1S/C15H21F2N3O2S.ClH/c1-10(2)20-13(21)7-23-12-6-4-3-5-11(12)14(22)19-9-15(16,17)8-18;/h3-6,10H,7-9,18H2,1-2H3,(H,19,22)(H,20,21);1H. The van der Waals surface area contributed by atoms with Gasteiger partial charge in [0.15, 0.2) is 0 Å². The molecule has 5 nitrogen and oxygen atoms in total. The van der Waals surface area contributed by atoms with Gasteiger partial charge in [0, 0.05) is 10.9 Å². The highest BCUT2D eigenvalue weighted by Gasteiger charge is 2.27. The van der Waals surface area contributed by atoms with Crippen molar-refractivity contribution in [3.63, 3.8) is 0 Å². The summed E-state index contributed by atoms with van der Waals surface area (Å²) >= 11 is 1.18. The highest BCUT2D eigenvalue weighted by atomic mass is 35.5. The smallest absolute Gasteiger partial charge is 0.277 e. The molecule has 0 bridgehead atoms. The lowest BCUT2D eigenvalue weighted by Gasteiger charge is -2.15. The predicted molar refractivity (Wildman–Crippen MR) is 94.0 cm³/mol. The van der Waals surface area contributed by atoms with Gasteiger partial charge in [0.1, 0.15) is 0 Å². The summed E-state index contributed by atoms with van der Waals surface area (Å²) in [5, 5.41) is 4.91. The van der Waals surface area contributed by atoms with Crippen molar-refractivity contribution in [2.45, 2.75) is 30.7 Å². The first-order valence-electron chi connectivity index (χ1n) is 7.12. The third-order valence-electron chi connectivity index (χ3n) is 2.75. The maximum Gasteiger partial charge on any atom is 0.277 e. The SMILES string of the molecule is CC(C)NC(=O)CSc1ccccc1C(=O)NCC(F)(F)CN.Cl. The van der Waals surface area contributed by atoms with Crippen LogP contribution in [0.15, 0.2) is 29.2 Å². The van der Waals surface area contributed by atoms with Crippen LogP contribution in [-0.4, -0.2) is 42.6 Å². The largest absolute Gasteiger partial charge is 0.353 e. The average Bonchev–Trinajstić information content (AvgIpc) is 2.50. The van der Waals surface area contributed by atoms with Gasteiger partial charge in [0.2, 0.25) is 5.91 Å². The normalized spacial score (nSPS) is 10.9. The number of alkyl halides is 2. The van der Waals surface area contributed by atoms with E-state index in [1.165, 1.54) is 17.8 Å². The number of nitrogens with two attached hydrogens (primary N) is 1. The van der Waals surface area contributed by atoms with Crippen LogP contribution >= 0.6 is 24.2 Å². The number of amides is 2. The molecule has 0 aliphatic carbocycles. The Balaban J connectivity index is 0.00000529. The Morgan fingerprint density at radius 1 is 1.29 bits per heavy atom. The lowest BCUT2D eigenvalue weighted by Crippen LogP contribution is -2.41. The number of hydrogen-bond acceptors (Lipinski definition) is 4. The Morgan fingerprint density at radius 2 is 1.92 bits per heavy atom. The van der Waals surface area contributed by atoms with E-state index in [-0.39, 0.29) is 35.7 Å². The van der Waals surface area contributed by atoms with E-state index in [1.54, 1.807) is 18.2 Å². The quantitative estimate of drug-likeness (QED) is 0.602. The maximum absolute atomic E-state index is 13.1. The fourth-order valence-corrected chi connectivity index (χ4v) is 2.52. The van der Waals surface area contributed by atoms with Crippen LogP contribution in [0.25, 0.3) is 0 Å². The monoisotopic (exact) mass is 381 g/mol. The number of thioether (sulfide) groups is 1. The summed E-state index contributed by atoms with van der Waals surface area (Å²) in [6.45, 7) is 2.04. The van der Waals surface area contributed by atoms with Gasteiger partial charge < -0.3 is 16.4 Å². The number of carbonyl (C=O) groups excluding carboxylic acids is 2. The Kier molecular flexibility index (Phi) is 9.88. The molecule has 0 heterocycles. The molecule has 0 radical (unpaired) electrons. The van der Waals surface area contributed by atoms with Crippen molar-refractivity contribution in [2.24, 2.45) is 5.73 Å². The zero-order valence-corrected chi connectivity index (χ0v) is 15.1. The van der Waals surface area contributed by atoms with Crippen LogP contribution < -0.4 is 16.4 Å². The van der Waals surface area contributed by atoms with Crippen molar-refractivity contribution in [3.8, 4) is 0 Å². The van der Waals surface area contributed by atoms with Crippen LogP contribution in [0.1, 0.15) is 24.2 Å². The van der Waals surface area contributed by atoms with E-state index in [1.807, 2.05) is 13.8 Å². The molecule has 4 N–H and O–H groups in total. The van der Waals surface area contributed by atoms with E-state index < -0.39 is 24.9 Å². The zero-order chi connectivity index (χ0) is 17.5. The van der Waals surface area contributed by atoms with Gasteiger partial charge in [-0.2, -0.15) is 0 Å². The first kappa shape index (κ1) is 22.6. The maximum atomic E-state index is 13.1. The van der Waals surface area contributed by atoms with Crippen molar-refractivity contribution >= 4 is 36.0 Å². The predicted octanol–water partition coefficient (Wildman–Crippen LogP) is 2.05. The third-order valence-corrected chi connectivity index (χ3v) is 3.82. The molecule has 0 unspecified atom stereocenters. The second-order valence-corrected chi connectivity index (χ2v) is 6.27. The molecule has 0 aliphatic rings. The van der Waals surface area contributed by atoms with Crippen molar-refractivity contribution in [1.82, 2.24) is 10.6 Å². The summed E-state index contributed by atoms with van der Waals surface area (Å²) in [7, 11) is 0. The van der Waals surface area contributed by atoms with E-state index >= 15 is 0 Å². The first-order chi connectivity index (χ1) is 10.7. The number of nitrogens with one attached hydrogen (secondary N) is 2. The molecule has 0 saturated heterocycles. The van der Waals surface area contributed by atoms with Crippen molar-refractivity contribution in [2.75, 3.05) is 18.8 Å². The van der Waals surface area contributed by atoms with Crippen LogP contribution in [0, 0.1) is 0 Å². The molecule has 1 aromatic rings. The molecular weight excluding hydrogens is 360 g/mol. The van der Waals surface area contributed by atoms with Gasteiger partial charge in [0.05, 0.1) is 24.4 Å². The van der Waals surface area contributed by atoms with Gasteiger partial charge in [-0.3, -0.25) is 9.59 Å². The minimum absolute atomic E-state index is 0. The van der Waals surface area contributed by atoms with E-state index in [2.05, 4.69) is 10.6 Å². The number of hydrogen-bond donors (Lipinski definition) is 3. The molecule has 0 fully saturated rings. The van der Waals surface area contributed by atoms with Crippen LogP contribution in [0.5, 0.6) is 0 Å². The van der Waals surface area contributed by atoms with E-state index in [0.29, 0.717) is 4.90 Å². The highest BCUT2D eigenvalue weighted by Crippen LogP contribution is 2.22. The molecule has 2 amide bonds. The number of rotatable bonds is 8. The summed E-state index contributed by atoms with van der Waals surface area (Å²) in [6, 6.07) is 6.57. The van der Waals surface area contributed by atoms with Gasteiger partial charge in [-0.1, -0.05) is 12.1 Å². The topological polar surface area (TPSA) is 84.2 Å². The summed E-state index contributed by atoms with van der Waals surface area (Å²) in [5.74, 6) is -3.78. The molecule has 0 aliphatic heterocycles. The molecule has 0 aromatic heterocycles. The molecule has 9 heteroatoms. The zero-order valence-electron chi connectivity index (χ0n) is 13.5. The number of benzene rings is 1. The van der Waals surface area contributed by atoms with Crippen LogP contribution in [0.4, 0.5) is 8.78 Å². The molecule has 1 aromatic carbocycles. The van der Waals surface area contributed by atoms with Crippen LogP contribution in [0.2, 0.25) is 0 Å². The molecule has 0 atom stereocenters. The molecule has 1 rings (SSSR count). The van der Waals surface area contributed by atoms with Gasteiger partial charge >= 0.3 is 0 Å². The van der Waals surface area contributed by atoms with E-state index in [4.69, 9.17) is 5.73 Å². The van der Waals surface area contributed by atoms with Crippen LogP contribution in [-0.2, 0) is 4.79 Å². The summed E-state index contributed by atoms with van der Waals surface area (Å²) in [4.78, 5) is 24.3. The van der Waals surface area contributed by atoms with Crippen molar-refractivity contribution in [1.29, 1.82) is 0 Å². The summed E-state index contributed by atoms with van der Waals surface area (Å²) in [5.41, 5.74) is 5.18. The number of halogens is 3. The Bertz CT molecular complexity index is 559. The summed E-state index contributed by atoms with van der Waals surface area (Å²) < 4.78 is 26.2. The van der Waals surface area contributed by atoms with Gasteiger partial charge in [-0.15, -0.1) is 24.2 Å².